The highest BCUT2D eigenvalue weighted by Gasteiger charge is 2.52. The molecule has 6 aromatic heterocycles. The van der Waals surface area contributed by atoms with E-state index in [2.05, 4.69) is 81.8 Å². The van der Waals surface area contributed by atoms with Gasteiger partial charge in [-0.3, -0.25) is 0 Å². The van der Waals surface area contributed by atoms with Crippen molar-refractivity contribution in [2.45, 2.75) is 100 Å². The second-order valence-electron chi connectivity index (χ2n) is 17.7. The quantitative estimate of drug-likeness (QED) is 0.135. The summed E-state index contributed by atoms with van der Waals surface area (Å²) in [6, 6.07) is 20.7. The number of hydrogen-bond donors (Lipinski definition) is 0. The molecule has 0 unspecified atom stereocenters. The third-order valence-electron chi connectivity index (χ3n) is 12.7. The normalized spacial score (nSPS) is 16.9. The van der Waals surface area contributed by atoms with Gasteiger partial charge in [0.2, 0.25) is 0 Å². The largest absolute Gasteiger partial charge is 0.490 e. The van der Waals surface area contributed by atoms with Gasteiger partial charge in [-0.1, -0.05) is 48.6 Å². The molecule has 0 amide bonds. The van der Waals surface area contributed by atoms with E-state index in [4.69, 9.17) is 9.31 Å². The Balaban J connectivity index is 0.000000134. The first-order valence-corrected chi connectivity index (χ1v) is 27.9. The second-order valence-corrected chi connectivity index (χ2v) is 24.0. The Hall–Kier alpha value is -5.08. The summed E-state index contributed by atoms with van der Waals surface area (Å²) in [6.45, 7) is 8.43. The van der Waals surface area contributed by atoms with E-state index in [9.17, 15) is 16.8 Å². The van der Waals surface area contributed by atoms with Crippen LogP contribution in [0.1, 0.15) is 84.6 Å². The van der Waals surface area contributed by atoms with Gasteiger partial charge in [-0.2, -0.15) is 0 Å². The summed E-state index contributed by atoms with van der Waals surface area (Å²) in [5.41, 5.74) is 5.64. The van der Waals surface area contributed by atoms with E-state index in [1.54, 1.807) is 97.8 Å². The van der Waals surface area contributed by atoms with Crippen LogP contribution in [0.3, 0.4) is 0 Å². The molecule has 0 bridgehead atoms. The number of aromatic nitrogens is 6. The summed E-state index contributed by atoms with van der Waals surface area (Å²) in [6.07, 6.45) is 24.0. The zero-order valence-corrected chi connectivity index (χ0v) is 42.9. The summed E-state index contributed by atoms with van der Waals surface area (Å²) >= 11 is 6.34. The summed E-state index contributed by atoms with van der Waals surface area (Å²) in [7, 11) is -7.59. The van der Waals surface area contributed by atoms with Crippen LogP contribution in [-0.2, 0) is 29.4 Å². The van der Waals surface area contributed by atoms with Gasteiger partial charge in [0.05, 0.1) is 21.0 Å². The standard InChI is InChI=1S/C22H19N3O2S2.C16H10BrN3O2S2.C12H21BO2/c26-29(27,18-9-5-2-6-10-18)25-15-20(22-23-11-12-28-22)19-13-17(14-24-21(19)25)16-7-3-1-4-8-16;17-11-8-13-14(16-18-6-7-23-16)10-20(15(13)19-9-11)24(21,22)12-4-2-1-3-5-12;1-11(2)12(3,4)15-13(14-11)10-8-6-5-7-9-10/h2,5-7,9-15H,1,3-4,8H2;1-10H;8H,5-7,9H2,1-4H3. The van der Waals surface area contributed by atoms with Crippen LogP contribution in [0.2, 0.25) is 0 Å². The minimum Gasteiger partial charge on any atom is -0.400 e. The fraction of sp³-hybridized carbons (Fsp3) is 0.280. The molecule has 2 aliphatic carbocycles. The van der Waals surface area contributed by atoms with Crippen LogP contribution in [0.25, 0.3) is 48.8 Å². The Bertz CT molecular complexity index is 3340. The highest BCUT2D eigenvalue weighted by atomic mass is 79.9. The number of hydrogen-bond acceptors (Lipinski definition) is 12. The molecule has 11 rings (SSSR count). The monoisotopic (exact) mass is 1050 g/mol. The molecule has 0 spiro atoms. The van der Waals surface area contributed by atoms with Crippen LogP contribution in [-0.4, -0.2) is 63.0 Å². The Labute approximate surface area is 414 Å². The molecule has 8 aromatic rings. The van der Waals surface area contributed by atoms with Crippen LogP contribution < -0.4 is 0 Å². The van der Waals surface area contributed by atoms with Crippen molar-refractivity contribution in [3.05, 3.63) is 148 Å². The fourth-order valence-corrected chi connectivity index (χ4v) is 12.7. The van der Waals surface area contributed by atoms with Crippen LogP contribution in [0.4, 0.5) is 0 Å². The summed E-state index contributed by atoms with van der Waals surface area (Å²) in [5, 5.41) is 6.83. The molecule has 350 valence electrons. The predicted molar refractivity (Wildman–Crippen MR) is 277 cm³/mol. The Kier molecular flexibility index (Phi) is 13.9. The van der Waals surface area contributed by atoms with Crippen LogP contribution in [0, 0.1) is 0 Å². The first-order valence-electron chi connectivity index (χ1n) is 22.5. The smallest absolute Gasteiger partial charge is 0.400 e. The Morgan fingerprint density at radius 3 is 1.60 bits per heavy atom. The number of thiazole rings is 2. The molecule has 12 nitrogen and oxygen atoms in total. The van der Waals surface area contributed by atoms with E-state index in [1.807, 2.05) is 16.8 Å². The minimum absolute atomic E-state index is 0.102. The van der Waals surface area contributed by atoms with Gasteiger partial charge >= 0.3 is 7.12 Å². The molecular weight excluding hydrogens is 1000 g/mol. The van der Waals surface area contributed by atoms with Crippen molar-refractivity contribution in [3.63, 3.8) is 0 Å². The van der Waals surface area contributed by atoms with Crippen LogP contribution in [0.5, 0.6) is 0 Å². The van der Waals surface area contributed by atoms with Crippen molar-refractivity contribution in [3.8, 4) is 21.1 Å². The lowest BCUT2D eigenvalue weighted by Crippen LogP contribution is -2.41. The van der Waals surface area contributed by atoms with Crippen molar-refractivity contribution in [2.75, 3.05) is 0 Å². The highest BCUT2D eigenvalue weighted by Crippen LogP contribution is 2.41. The van der Waals surface area contributed by atoms with Crippen molar-refractivity contribution >= 4 is 93.4 Å². The molecule has 1 saturated heterocycles. The zero-order valence-electron chi connectivity index (χ0n) is 38.1. The third kappa shape index (κ3) is 9.73. The second kappa shape index (κ2) is 19.7. The number of pyridine rings is 2. The summed E-state index contributed by atoms with van der Waals surface area (Å²) < 4.78 is 68.0. The van der Waals surface area contributed by atoms with Crippen molar-refractivity contribution < 1.29 is 26.1 Å². The van der Waals surface area contributed by atoms with Gasteiger partial charge in [0.1, 0.15) is 10.0 Å². The van der Waals surface area contributed by atoms with Gasteiger partial charge in [0.15, 0.2) is 11.3 Å². The number of benzene rings is 2. The first kappa shape index (κ1) is 48.0. The fourth-order valence-electron chi connectivity index (χ4n) is 8.31. The highest BCUT2D eigenvalue weighted by molar-refractivity contribution is 9.10. The van der Waals surface area contributed by atoms with Crippen molar-refractivity contribution in [2.24, 2.45) is 0 Å². The van der Waals surface area contributed by atoms with Gasteiger partial charge in [-0.25, -0.2) is 44.7 Å². The number of rotatable bonds is 8. The molecule has 3 aliphatic rings. The minimum atomic E-state index is -3.76. The Morgan fingerprint density at radius 1 is 0.632 bits per heavy atom. The Morgan fingerprint density at radius 2 is 1.13 bits per heavy atom. The average molecular weight is 1050 g/mol. The van der Waals surface area contributed by atoms with E-state index in [1.165, 1.54) is 73.8 Å². The molecule has 7 heterocycles. The van der Waals surface area contributed by atoms with Crippen molar-refractivity contribution in [1.82, 2.24) is 27.9 Å². The molecule has 68 heavy (non-hydrogen) atoms. The molecule has 0 N–H and O–H groups in total. The average Bonchev–Trinajstić information content (AvgIpc) is 4.21. The topological polar surface area (TPSA) is 148 Å². The van der Waals surface area contributed by atoms with Gasteiger partial charge in [-0.05, 0) is 148 Å². The van der Waals surface area contributed by atoms with Gasteiger partial charge in [0, 0.05) is 74.3 Å². The lowest BCUT2D eigenvalue weighted by Gasteiger charge is -2.32. The molecule has 18 heteroatoms. The van der Waals surface area contributed by atoms with Gasteiger partial charge in [0.25, 0.3) is 20.0 Å². The maximum absolute atomic E-state index is 13.3. The predicted octanol–water partition coefficient (Wildman–Crippen LogP) is 12.6. The van der Waals surface area contributed by atoms with E-state index >= 15 is 0 Å². The van der Waals surface area contributed by atoms with E-state index < -0.39 is 20.0 Å². The van der Waals surface area contributed by atoms with E-state index in [0.717, 1.165) is 61.2 Å². The lowest BCUT2D eigenvalue weighted by atomic mass is 9.73. The molecule has 1 fully saturated rings. The lowest BCUT2D eigenvalue weighted by molar-refractivity contribution is 0.00578. The summed E-state index contributed by atoms with van der Waals surface area (Å²) in [5.74, 6) is 0. The molecule has 0 radical (unpaired) electrons. The third-order valence-corrected chi connectivity index (χ3v) is 18.0. The first-order chi connectivity index (χ1) is 32.6. The van der Waals surface area contributed by atoms with E-state index in [-0.39, 0.29) is 28.1 Å². The number of allylic oxidation sites excluding steroid dienone is 4. The molecule has 0 saturated carbocycles. The number of fused-ring (bicyclic) bond motifs is 2. The van der Waals surface area contributed by atoms with Crippen LogP contribution in [0.15, 0.2) is 153 Å². The maximum Gasteiger partial charge on any atom is 0.490 e. The van der Waals surface area contributed by atoms with E-state index in [0.29, 0.717) is 11.3 Å². The van der Waals surface area contributed by atoms with Crippen LogP contribution >= 0.6 is 38.6 Å². The molecule has 2 aromatic carbocycles. The molecule has 0 atom stereocenters. The SMILES string of the molecule is CC1(C)OB(C2=CCCCC2)OC1(C)C.O=S(=O)(c1ccccc1)n1cc(-c2nccs2)c2cc(Br)cnc21.O=S(=O)(c1ccccc1)n1cc(-c2nccs2)c2cc(C3=CCCCC3)cnc21. The van der Waals surface area contributed by atoms with Crippen molar-refractivity contribution in [1.29, 1.82) is 0 Å². The molecular formula is C50H50BBrN6O6S4. The molecule has 1 aliphatic heterocycles. The van der Waals surface area contributed by atoms with Gasteiger partial charge in [-0.15, -0.1) is 22.7 Å². The van der Waals surface area contributed by atoms with Gasteiger partial charge < -0.3 is 9.31 Å². The number of nitrogens with zero attached hydrogens (tertiary/aromatic N) is 6. The number of halogens is 1. The summed E-state index contributed by atoms with van der Waals surface area (Å²) in [4.78, 5) is 18.1. The maximum atomic E-state index is 13.3. The zero-order chi connectivity index (χ0) is 47.7.